The third-order valence-corrected chi connectivity index (χ3v) is 6.82. The Kier molecular flexibility index (Phi) is 6.84. The van der Waals surface area contributed by atoms with E-state index in [4.69, 9.17) is 11.6 Å². The zero-order valence-corrected chi connectivity index (χ0v) is 17.1. The molecule has 2 aromatic heterocycles. The summed E-state index contributed by atoms with van der Waals surface area (Å²) in [6.07, 6.45) is 0.0403. The fourth-order valence-electron chi connectivity index (χ4n) is 2.09. The first-order chi connectivity index (χ1) is 13.0. The first-order valence-electron chi connectivity index (χ1n) is 7.86. The predicted molar refractivity (Wildman–Crippen MR) is 110 cm³/mol. The molecule has 6 nitrogen and oxygen atoms in total. The van der Waals surface area contributed by atoms with Gasteiger partial charge in [0.05, 0.1) is 25.2 Å². The molecule has 0 aliphatic carbocycles. The number of hydrogen-bond donors (Lipinski definition) is 2. The summed E-state index contributed by atoms with van der Waals surface area (Å²) in [4.78, 5) is 40.5. The molecule has 0 saturated carbocycles. The summed E-state index contributed by atoms with van der Waals surface area (Å²) in [7, 11) is 0. The largest absolute Gasteiger partial charge is 0.293 e. The van der Waals surface area contributed by atoms with E-state index in [1.165, 1.54) is 34.4 Å². The van der Waals surface area contributed by atoms with Gasteiger partial charge in [-0.3, -0.25) is 25.2 Å². The van der Waals surface area contributed by atoms with E-state index in [2.05, 4.69) is 15.8 Å². The van der Waals surface area contributed by atoms with Crippen molar-refractivity contribution in [1.29, 1.82) is 0 Å². The van der Waals surface area contributed by atoms with Gasteiger partial charge < -0.3 is 0 Å². The maximum absolute atomic E-state index is 11.9. The number of halogens is 1. The molecule has 0 bridgehead atoms. The number of nitrogens with one attached hydrogen (secondary N) is 2. The number of benzene rings is 1. The summed E-state index contributed by atoms with van der Waals surface area (Å²) < 4.78 is 2.38. The number of para-hydroxylation sites is 1. The fraction of sp³-hybridized carbons (Fsp3) is 0.176. The minimum absolute atomic E-state index is 0.0142. The summed E-state index contributed by atoms with van der Waals surface area (Å²) in [5.41, 5.74) is 5.55. The van der Waals surface area contributed by atoms with E-state index in [1.54, 1.807) is 12.1 Å². The molecule has 0 aliphatic heterocycles. The van der Waals surface area contributed by atoms with Crippen LogP contribution in [0.4, 0.5) is 0 Å². The number of Topliss-reactive ketones (excluding diaryl/α,β-unsaturated/α-hetero) is 1. The highest BCUT2D eigenvalue weighted by Gasteiger charge is 2.12. The fourth-order valence-corrected chi connectivity index (χ4v) is 4.97. The van der Waals surface area contributed by atoms with Gasteiger partial charge in [-0.2, -0.15) is 0 Å². The molecule has 27 heavy (non-hydrogen) atoms. The Balaban J connectivity index is 1.37. The number of rotatable bonds is 7. The molecular formula is C17H14ClN3O3S3. The number of fused-ring (bicyclic) bond motifs is 1. The summed E-state index contributed by atoms with van der Waals surface area (Å²) in [5.74, 6) is -0.791. The minimum atomic E-state index is -0.427. The molecule has 2 N–H and O–H groups in total. The summed E-state index contributed by atoms with van der Waals surface area (Å²) in [6, 6.07) is 11.0. The van der Waals surface area contributed by atoms with E-state index in [0.717, 1.165) is 14.6 Å². The highest BCUT2D eigenvalue weighted by atomic mass is 35.5. The maximum Gasteiger partial charge on any atom is 0.248 e. The highest BCUT2D eigenvalue weighted by molar-refractivity contribution is 8.01. The highest BCUT2D eigenvalue weighted by Crippen LogP contribution is 2.29. The molecule has 2 amide bonds. The summed E-state index contributed by atoms with van der Waals surface area (Å²) in [5, 5.41) is 0. The van der Waals surface area contributed by atoms with Crippen LogP contribution in [0.2, 0.25) is 4.34 Å². The number of carbonyl (C=O) groups is 3. The van der Waals surface area contributed by atoms with Crippen molar-refractivity contribution in [1.82, 2.24) is 15.8 Å². The molecule has 0 radical (unpaired) electrons. The standard InChI is InChI=1S/C17H14ClN3O3S3/c18-14-7-6-13(26-14)11(22)5-8-15(23)20-21-16(24)9-25-17-19-10-3-1-2-4-12(10)27-17/h1-4,6-7H,5,8-9H2,(H,20,23)(H,21,24). The van der Waals surface area contributed by atoms with Gasteiger partial charge in [0.15, 0.2) is 10.1 Å². The number of nitrogens with zero attached hydrogens (tertiary/aromatic N) is 1. The molecule has 0 fully saturated rings. The van der Waals surface area contributed by atoms with Crippen molar-refractivity contribution in [2.45, 2.75) is 17.2 Å². The number of carbonyl (C=O) groups excluding carboxylic acids is 3. The van der Waals surface area contributed by atoms with Crippen LogP contribution in [-0.2, 0) is 9.59 Å². The number of thiazole rings is 1. The smallest absolute Gasteiger partial charge is 0.248 e. The van der Waals surface area contributed by atoms with E-state index >= 15 is 0 Å². The lowest BCUT2D eigenvalue weighted by atomic mass is 10.2. The summed E-state index contributed by atoms with van der Waals surface area (Å²) >= 11 is 9.78. The Bertz CT molecular complexity index is 953. The van der Waals surface area contributed by atoms with Gasteiger partial charge in [-0.1, -0.05) is 35.5 Å². The Hall–Kier alpha value is -1.94. The first kappa shape index (κ1) is 19.8. The molecule has 3 rings (SSSR count). The normalized spacial score (nSPS) is 10.7. The van der Waals surface area contributed by atoms with Gasteiger partial charge in [0.1, 0.15) is 0 Å². The van der Waals surface area contributed by atoms with Gasteiger partial charge in [0.25, 0.3) is 0 Å². The maximum atomic E-state index is 11.9. The average Bonchev–Trinajstić information content (AvgIpc) is 3.28. The van der Waals surface area contributed by atoms with Gasteiger partial charge in [0.2, 0.25) is 11.8 Å². The van der Waals surface area contributed by atoms with Crippen LogP contribution in [0.5, 0.6) is 0 Å². The van der Waals surface area contributed by atoms with Gasteiger partial charge in [-0.25, -0.2) is 4.98 Å². The van der Waals surface area contributed by atoms with Crippen LogP contribution in [0.1, 0.15) is 22.5 Å². The van der Waals surface area contributed by atoms with Gasteiger partial charge in [0, 0.05) is 12.8 Å². The Morgan fingerprint density at radius 2 is 1.78 bits per heavy atom. The van der Waals surface area contributed by atoms with E-state index in [1.807, 2.05) is 24.3 Å². The van der Waals surface area contributed by atoms with Crippen molar-refractivity contribution >= 4 is 73.9 Å². The number of thiophene rings is 1. The van der Waals surface area contributed by atoms with Crippen LogP contribution < -0.4 is 10.9 Å². The van der Waals surface area contributed by atoms with Crippen molar-refractivity contribution in [3.05, 3.63) is 45.6 Å². The monoisotopic (exact) mass is 439 g/mol. The lowest BCUT2D eigenvalue weighted by Crippen LogP contribution is -2.42. The molecular weight excluding hydrogens is 426 g/mol. The molecule has 1 aromatic carbocycles. The predicted octanol–water partition coefficient (Wildman–Crippen LogP) is 3.91. The Labute approximate surface area is 172 Å². The number of amides is 2. The van der Waals surface area contributed by atoms with E-state index < -0.39 is 5.91 Å². The van der Waals surface area contributed by atoms with Gasteiger partial charge in [-0.05, 0) is 24.3 Å². The van der Waals surface area contributed by atoms with Crippen molar-refractivity contribution < 1.29 is 14.4 Å². The lowest BCUT2D eigenvalue weighted by Gasteiger charge is -2.06. The Morgan fingerprint density at radius 3 is 2.52 bits per heavy atom. The van der Waals surface area contributed by atoms with E-state index in [-0.39, 0.29) is 30.3 Å². The van der Waals surface area contributed by atoms with Crippen LogP contribution in [0.3, 0.4) is 0 Å². The van der Waals surface area contributed by atoms with Crippen LogP contribution in [0, 0.1) is 0 Å². The average molecular weight is 440 g/mol. The van der Waals surface area contributed by atoms with Crippen molar-refractivity contribution in [2.75, 3.05) is 5.75 Å². The molecule has 140 valence electrons. The number of aromatic nitrogens is 1. The van der Waals surface area contributed by atoms with Gasteiger partial charge in [-0.15, -0.1) is 22.7 Å². The molecule has 0 aliphatic rings. The molecule has 0 unspecified atom stereocenters. The number of thioether (sulfide) groups is 1. The summed E-state index contributed by atoms with van der Waals surface area (Å²) in [6.45, 7) is 0. The molecule has 2 heterocycles. The van der Waals surface area contributed by atoms with Crippen LogP contribution in [0.25, 0.3) is 10.2 Å². The number of hydrogen-bond acceptors (Lipinski definition) is 7. The SMILES string of the molecule is O=C(CCC(=O)c1ccc(Cl)s1)NNC(=O)CSc1nc2ccccc2s1. The second kappa shape index (κ2) is 9.32. The molecule has 0 spiro atoms. The third kappa shape index (κ3) is 5.77. The van der Waals surface area contributed by atoms with Crippen molar-refractivity contribution in [3.63, 3.8) is 0 Å². The quantitative estimate of drug-likeness (QED) is 0.331. The van der Waals surface area contributed by atoms with Gasteiger partial charge >= 0.3 is 0 Å². The first-order valence-corrected chi connectivity index (χ1v) is 10.9. The second-order valence-electron chi connectivity index (χ2n) is 5.36. The molecule has 0 atom stereocenters. The number of hydrazine groups is 1. The van der Waals surface area contributed by atoms with Crippen molar-refractivity contribution in [2.24, 2.45) is 0 Å². The van der Waals surface area contributed by atoms with Crippen LogP contribution >= 0.6 is 46.0 Å². The number of ketones is 1. The molecule has 0 saturated heterocycles. The lowest BCUT2D eigenvalue weighted by molar-refractivity contribution is -0.127. The van der Waals surface area contributed by atoms with E-state index in [0.29, 0.717) is 9.21 Å². The molecule has 10 heteroatoms. The second-order valence-corrected chi connectivity index (χ2v) is 9.33. The van der Waals surface area contributed by atoms with E-state index in [9.17, 15) is 14.4 Å². The third-order valence-electron chi connectivity index (χ3n) is 3.37. The zero-order valence-electron chi connectivity index (χ0n) is 13.9. The molecule has 3 aromatic rings. The van der Waals surface area contributed by atoms with Crippen molar-refractivity contribution in [3.8, 4) is 0 Å². The van der Waals surface area contributed by atoms with Crippen LogP contribution in [-0.4, -0.2) is 28.3 Å². The van der Waals surface area contributed by atoms with Crippen LogP contribution in [0.15, 0.2) is 40.7 Å². The Morgan fingerprint density at radius 1 is 1.00 bits per heavy atom. The zero-order chi connectivity index (χ0) is 19.2. The topological polar surface area (TPSA) is 88.2 Å². The minimum Gasteiger partial charge on any atom is -0.293 e.